The van der Waals surface area contributed by atoms with Crippen LogP contribution in [-0.4, -0.2) is 64.0 Å². The fourth-order valence-electron chi connectivity index (χ4n) is 4.81. The van der Waals surface area contributed by atoms with Gasteiger partial charge in [-0.05, 0) is 67.8 Å². The molecule has 0 radical (unpaired) electrons. The summed E-state index contributed by atoms with van der Waals surface area (Å²) in [4.78, 5) is 35.9. The first kappa shape index (κ1) is 26.7. The Morgan fingerprint density at radius 3 is 2.06 bits per heavy atom. The molecule has 0 aliphatic carbocycles. The Bertz CT molecular complexity index is 963. The minimum Gasteiger partial charge on any atom is -0.473 e. The van der Waals surface area contributed by atoms with Crippen molar-refractivity contribution in [2.75, 3.05) is 26.2 Å². The number of carboxylic acid groups (broad SMARTS) is 2. The van der Waals surface area contributed by atoms with Gasteiger partial charge >= 0.3 is 11.9 Å². The molecule has 2 N–H and O–H groups in total. The van der Waals surface area contributed by atoms with Crippen LogP contribution < -0.4 is 0 Å². The number of carbonyl (C=O) groups is 3. The second-order valence-electron chi connectivity index (χ2n) is 9.27. The lowest BCUT2D eigenvalue weighted by molar-refractivity contribution is -0.159. The molecule has 2 aliphatic heterocycles. The first-order valence-electron chi connectivity index (χ1n) is 12.1. The topological polar surface area (TPSA) is 98.2 Å². The van der Waals surface area contributed by atoms with Crippen LogP contribution in [0, 0.1) is 11.8 Å². The monoisotopic (exact) mass is 500 g/mol. The van der Waals surface area contributed by atoms with Crippen molar-refractivity contribution in [2.24, 2.45) is 11.8 Å². The fourth-order valence-corrected chi connectivity index (χ4v) is 4.94. The van der Waals surface area contributed by atoms with Gasteiger partial charge in [0.25, 0.3) is 0 Å². The molecule has 1 amide bonds. The van der Waals surface area contributed by atoms with Crippen LogP contribution in [-0.2, 0) is 27.3 Å². The normalized spacial score (nSPS) is 18.9. The average Bonchev–Trinajstić information content (AvgIpc) is 2.87. The molecule has 8 heteroatoms. The number of likely N-dealkylation sites (tertiary alicyclic amines) is 2. The van der Waals surface area contributed by atoms with Gasteiger partial charge in [0.2, 0.25) is 5.91 Å². The number of benzene rings is 2. The molecule has 7 nitrogen and oxygen atoms in total. The zero-order chi connectivity index (χ0) is 25.2. The summed E-state index contributed by atoms with van der Waals surface area (Å²) in [7, 11) is 0. The van der Waals surface area contributed by atoms with E-state index in [9.17, 15) is 4.79 Å². The lowest BCUT2D eigenvalue weighted by Gasteiger charge is -2.38. The van der Waals surface area contributed by atoms with Crippen molar-refractivity contribution in [3.8, 4) is 0 Å². The third kappa shape index (κ3) is 8.67. The highest BCUT2D eigenvalue weighted by Crippen LogP contribution is 2.26. The van der Waals surface area contributed by atoms with Crippen molar-refractivity contribution >= 4 is 29.4 Å². The summed E-state index contributed by atoms with van der Waals surface area (Å²) in [5, 5.41) is 15.6. The molecule has 0 aromatic heterocycles. The summed E-state index contributed by atoms with van der Waals surface area (Å²) in [5.74, 6) is -2.41. The number of hydrogen-bond acceptors (Lipinski definition) is 4. The van der Waals surface area contributed by atoms with E-state index in [4.69, 9.17) is 31.4 Å². The number of carbonyl (C=O) groups excluding carboxylic acids is 1. The number of carboxylic acids is 2. The van der Waals surface area contributed by atoms with Crippen LogP contribution in [0.2, 0.25) is 5.02 Å². The highest BCUT2D eigenvalue weighted by atomic mass is 35.5. The van der Waals surface area contributed by atoms with Crippen molar-refractivity contribution in [3.05, 3.63) is 70.7 Å². The Balaban J connectivity index is 0.000000509. The Morgan fingerprint density at radius 1 is 0.829 bits per heavy atom. The van der Waals surface area contributed by atoms with Crippen LogP contribution >= 0.6 is 11.6 Å². The van der Waals surface area contributed by atoms with Gasteiger partial charge in [-0.3, -0.25) is 9.69 Å². The molecule has 1 unspecified atom stereocenters. The van der Waals surface area contributed by atoms with Crippen LogP contribution in [0.5, 0.6) is 0 Å². The highest BCUT2D eigenvalue weighted by Gasteiger charge is 2.31. The summed E-state index contributed by atoms with van der Waals surface area (Å²) in [5.41, 5.74) is 2.69. The number of halogens is 1. The molecule has 2 aromatic carbocycles. The van der Waals surface area contributed by atoms with E-state index in [1.54, 1.807) is 0 Å². The van der Waals surface area contributed by atoms with Crippen molar-refractivity contribution in [1.82, 2.24) is 9.80 Å². The summed E-state index contributed by atoms with van der Waals surface area (Å²) < 4.78 is 0. The summed E-state index contributed by atoms with van der Waals surface area (Å²) in [6.07, 6.45) is 5.53. The maximum absolute atomic E-state index is 13.1. The smallest absolute Gasteiger partial charge is 0.414 e. The predicted molar refractivity (Wildman–Crippen MR) is 134 cm³/mol. The molecule has 2 heterocycles. The molecular formula is C27H33ClN2O5. The molecule has 2 aliphatic rings. The summed E-state index contributed by atoms with van der Waals surface area (Å²) in [6.45, 7) is 4.70. The second kappa shape index (κ2) is 13.3. The molecule has 0 saturated carbocycles. The number of piperidine rings is 2. The Kier molecular flexibility index (Phi) is 10.1. The lowest BCUT2D eigenvalue weighted by atomic mass is 9.89. The van der Waals surface area contributed by atoms with Gasteiger partial charge in [0.05, 0.1) is 5.92 Å². The van der Waals surface area contributed by atoms with E-state index in [2.05, 4.69) is 52.3 Å². The van der Waals surface area contributed by atoms with Crippen molar-refractivity contribution < 1.29 is 24.6 Å². The summed E-state index contributed by atoms with van der Waals surface area (Å²) in [6, 6.07) is 18.8. The van der Waals surface area contributed by atoms with Crippen molar-refractivity contribution in [3.63, 3.8) is 0 Å². The van der Waals surface area contributed by atoms with E-state index in [0.717, 1.165) is 69.9 Å². The third-order valence-electron chi connectivity index (χ3n) is 6.65. The van der Waals surface area contributed by atoms with Gasteiger partial charge in [-0.15, -0.1) is 0 Å². The number of hydrogen-bond donors (Lipinski definition) is 2. The summed E-state index contributed by atoms with van der Waals surface area (Å²) >= 11 is 6.00. The Labute approximate surface area is 211 Å². The lowest BCUT2D eigenvalue weighted by Crippen LogP contribution is -2.47. The maximum Gasteiger partial charge on any atom is 0.414 e. The van der Waals surface area contributed by atoms with Crippen molar-refractivity contribution in [1.29, 1.82) is 0 Å². The van der Waals surface area contributed by atoms with Crippen LogP contribution in [0.1, 0.15) is 36.8 Å². The van der Waals surface area contributed by atoms with Gasteiger partial charge in [0.1, 0.15) is 0 Å². The van der Waals surface area contributed by atoms with E-state index in [1.807, 2.05) is 12.1 Å². The van der Waals surface area contributed by atoms with Crippen LogP contribution in [0.4, 0.5) is 0 Å². The molecule has 188 valence electrons. The van der Waals surface area contributed by atoms with Crippen molar-refractivity contribution in [2.45, 2.75) is 38.6 Å². The SMILES string of the molecule is O=C(C1CCCN(Cc2ccc(Cl)cc2)C1)N1CCC(Cc2ccccc2)CC1.O=C(O)C(=O)O. The molecule has 2 aromatic rings. The number of rotatable bonds is 5. The van der Waals surface area contributed by atoms with E-state index in [1.165, 1.54) is 11.1 Å². The molecule has 2 saturated heterocycles. The third-order valence-corrected chi connectivity index (χ3v) is 6.90. The minimum absolute atomic E-state index is 0.154. The first-order chi connectivity index (χ1) is 16.8. The maximum atomic E-state index is 13.1. The zero-order valence-electron chi connectivity index (χ0n) is 19.8. The van der Waals surface area contributed by atoms with Gasteiger partial charge in [0, 0.05) is 31.2 Å². The molecule has 4 rings (SSSR count). The Hall–Kier alpha value is -2.90. The van der Waals surface area contributed by atoms with Gasteiger partial charge in [-0.2, -0.15) is 0 Å². The molecule has 0 bridgehead atoms. The Morgan fingerprint density at radius 2 is 1.46 bits per heavy atom. The van der Waals surface area contributed by atoms with Crippen LogP contribution in [0.15, 0.2) is 54.6 Å². The molecule has 1 atom stereocenters. The molecule has 2 fully saturated rings. The average molecular weight is 501 g/mol. The zero-order valence-corrected chi connectivity index (χ0v) is 20.6. The highest BCUT2D eigenvalue weighted by molar-refractivity contribution is 6.30. The number of aliphatic carboxylic acids is 2. The predicted octanol–water partition coefficient (Wildman–Crippen LogP) is 4.19. The van der Waals surface area contributed by atoms with Gasteiger partial charge in [-0.1, -0.05) is 54.1 Å². The number of amides is 1. The minimum atomic E-state index is -1.82. The largest absolute Gasteiger partial charge is 0.473 e. The molecule has 0 spiro atoms. The standard InChI is InChI=1S/C25H31ClN2O.C2H2O4/c26-24-10-8-22(9-11-24)18-27-14-4-7-23(19-27)25(29)28-15-12-21(13-16-28)17-20-5-2-1-3-6-20;3-1(4)2(5)6/h1-3,5-6,8-11,21,23H,4,7,12-19H2;(H,3,4)(H,5,6). The van der Waals surface area contributed by atoms with E-state index in [0.29, 0.717) is 11.8 Å². The van der Waals surface area contributed by atoms with Gasteiger partial charge < -0.3 is 15.1 Å². The van der Waals surface area contributed by atoms with Crippen LogP contribution in [0.25, 0.3) is 0 Å². The molecular weight excluding hydrogens is 468 g/mol. The molecule has 35 heavy (non-hydrogen) atoms. The van der Waals surface area contributed by atoms with E-state index in [-0.39, 0.29) is 5.92 Å². The van der Waals surface area contributed by atoms with Gasteiger partial charge in [-0.25, -0.2) is 9.59 Å². The van der Waals surface area contributed by atoms with Crippen LogP contribution in [0.3, 0.4) is 0 Å². The number of nitrogens with zero attached hydrogens (tertiary/aromatic N) is 2. The van der Waals surface area contributed by atoms with E-state index < -0.39 is 11.9 Å². The van der Waals surface area contributed by atoms with E-state index >= 15 is 0 Å². The van der Waals surface area contributed by atoms with Gasteiger partial charge in [0.15, 0.2) is 0 Å². The second-order valence-corrected chi connectivity index (χ2v) is 9.71. The first-order valence-corrected chi connectivity index (χ1v) is 12.5. The quantitative estimate of drug-likeness (QED) is 0.597. The fraction of sp³-hybridized carbons (Fsp3) is 0.444.